The van der Waals surface area contributed by atoms with Gasteiger partial charge in [0.15, 0.2) is 5.67 Å². The molecule has 26 heavy (non-hydrogen) atoms. The van der Waals surface area contributed by atoms with Crippen molar-refractivity contribution in [2.45, 2.75) is 11.3 Å². The SMILES string of the molecule is CN1CC(F)(c2ccc(Br)cc2)C1.CN1CC(O)(c2ccc(Br)cc2)C1. The Bertz CT molecular complexity index is 674. The minimum Gasteiger partial charge on any atom is -0.382 e. The summed E-state index contributed by atoms with van der Waals surface area (Å²) in [7, 11) is 3.93. The highest BCUT2D eigenvalue weighted by atomic mass is 79.9. The summed E-state index contributed by atoms with van der Waals surface area (Å²) in [5.41, 5.74) is 0.0628. The van der Waals surface area contributed by atoms with Gasteiger partial charge in [-0.2, -0.15) is 0 Å². The molecule has 2 saturated heterocycles. The number of halogens is 3. The first-order chi connectivity index (χ1) is 12.2. The van der Waals surface area contributed by atoms with Crippen molar-refractivity contribution in [3.63, 3.8) is 0 Å². The van der Waals surface area contributed by atoms with Gasteiger partial charge < -0.3 is 5.11 Å². The van der Waals surface area contributed by atoms with Crippen molar-refractivity contribution in [1.82, 2.24) is 9.80 Å². The lowest BCUT2D eigenvalue weighted by Crippen LogP contribution is -2.57. The molecule has 2 aromatic carbocycles. The Labute approximate surface area is 171 Å². The zero-order chi connectivity index (χ0) is 18.9. The molecule has 1 N–H and O–H groups in total. The van der Waals surface area contributed by atoms with Crippen molar-refractivity contribution < 1.29 is 9.50 Å². The topological polar surface area (TPSA) is 26.7 Å². The molecule has 0 radical (unpaired) electrons. The first-order valence-corrected chi connectivity index (χ1v) is 10.1. The summed E-state index contributed by atoms with van der Waals surface area (Å²) in [4.78, 5) is 4.07. The molecule has 0 saturated carbocycles. The second kappa shape index (κ2) is 7.68. The van der Waals surface area contributed by atoms with Gasteiger partial charge in [-0.15, -0.1) is 0 Å². The number of alkyl halides is 1. The molecule has 6 heteroatoms. The lowest BCUT2D eigenvalue weighted by molar-refractivity contribution is -0.0918. The number of rotatable bonds is 2. The molecule has 2 aromatic rings. The molecule has 0 atom stereocenters. The Hall–Kier alpha value is -0.790. The molecule has 140 valence electrons. The fourth-order valence-corrected chi connectivity index (χ4v) is 4.06. The number of aliphatic hydroxyl groups is 1. The Balaban J connectivity index is 0.000000151. The Morgan fingerprint density at radius 3 is 1.54 bits per heavy atom. The minimum absolute atomic E-state index is 0.509. The molecule has 2 aliphatic rings. The number of hydrogen-bond acceptors (Lipinski definition) is 3. The van der Waals surface area contributed by atoms with Gasteiger partial charge >= 0.3 is 0 Å². The van der Waals surface area contributed by atoms with Gasteiger partial charge in [0.2, 0.25) is 0 Å². The molecule has 2 fully saturated rings. The van der Waals surface area contributed by atoms with E-state index in [0.29, 0.717) is 13.1 Å². The van der Waals surface area contributed by atoms with Gasteiger partial charge in [0.1, 0.15) is 5.60 Å². The van der Waals surface area contributed by atoms with Crippen LogP contribution in [0.5, 0.6) is 0 Å². The van der Waals surface area contributed by atoms with Crippen molar-refractivity contribution >= 4 is 31.9 Å². The predicted octanol–water partition coefficient (Wildman–Crippen LogP) is 4.14. The van der Waals surface area contributed by atoms with Crippen LogP contribution in [0.15, 0.2) is 57.5 Å². The molecule has 2 heterocycles. The van der Waals surface area contributed by atoms with Crippen LogP contribution < -0.4 is 0 Å². The van der Waals surface area contributed by atoms with Crippen molar-refractivity contribution in [3.8, 4) is 0 Å². The number of hydrogen-bond donors (Lipinski definition) is 1. The number of likely N-dealkylation sites (N-methyl/N-ethyl adjacent to an activating group) is 2. The largest absolute Gasteiger partial charge is 0.382 e. The van der Waals surface area contributed by atoms with Crippen LogP contribution in [-0.2, 0) is 11.3 Å². The van der Waals surface area contributed by atoms with E-state index in [1.165, 1.54) is 0 Å². The molecular formula is C20H23Br2FN2O. The predicted molar refractivity (Wildman–Crippen MR) is 110 cm³/mol. The standard InChI is InChI=1S/C10H11BrFN.C10H12BrNO/c1-13-6-10(12,7-13)8-2-4-9(11)5-3-8;1-12-6-10(13,7-12)8-2-4-9(11)5-3-8/h2-5H,6-7H2,1H3;2-5,13H,6-7H2,1H3. The summed E-state index contributed by atoms with van der Waals surface area (Å²) in [6.07, 6.45) is 0. The van der Waals surface area contributed by atoms with E-state index in [1.54, 1.807) is 0 Å². The normalized spacial score (nSPS) is 21.2. The zero-order valence-electron chi connectivity index (χ0n) is 14.9. The molecule has 0 aromatic heterocycles. The second-order valence-electron chi connectivity index (χ2n) is 7.36. The van der Waals surface area contributed by atoms with Crippen molar-refractivity contribution in [2.24, 2.45) is 0 Å². The van der Waals surface area contributed by atoms with Crippen LogP contribution in [0.3, 0.4) is 0 Å². The second-order valence-corrected chi connectivity index (χ2v) is 9.19. The quantitative estimate of drug-likeness (QED) is 0.692. The maximum atomic E-state index is 14.0. The van der Waals surface area contributed by atoms with E-state index in [0.717, 1.165) is 33.2 Å². The molecule has 3 nitrogen and oxygen atoms in total. The first-order valence-electron chi connectivity index (χ1n) is 8.51. The fourth-order valence-electron chi connectivity index (χ4n) is 3.53. The minimum atomic E-state index is -1.12. The van der Waals surface area contributed by atoms with Crippen LogP contribution in [0.1, 0.15) is 11.1 Å². The van der Waals surface area contributed by atoms with E-state index >= 15 is 0 Å². The van der Waals surface area contributed by atoms with Crippen LogP contribution in [0.25, 0.3) is 0 Å². The van der Waals surface area contributed by atoms with E-state index in [4.69, 9.17) is 0 Å². The lowest BCUT2D eigenvalue weighted by atomic mass is 9.87. The third kappa shape index (κ3) is 4.37. The number of β-amino-alcohol motifs (C(OH)–C–C–N with tert-alkyl or cyclic N) is 1. The molecule has 0 unspecified atom stereocenters. The number of likely N-dealkylation sites (tertiary alicyclic amines) is 2. The van der Waals surface area contributed by atoms with E-state index in [2.05, 4.69) is 36.8 Å². The summed E-state index contributed by atoms with van der Waals surface area (Å²) < 4.78 is 16.0. The van der Waals surface area contributed by atoms with Gasteiger partial charge in [-0.25, -0.2) is 4.39 Å². The highest BCUT2D eigenvalue weighted by molar-refractivity contribution is 9.10. The van der Waals surface area contributed by atoms with Gasteiger partial charge in [-0.05, 0) is 49.5 Å². The van der Waals surface area contributed by atoms with E-state index < -0.39 is 11.3 Å². The molecule has 4 rings (SSSR count). The van der Waals surface area contributed by atoms with E-state index in [1.807, 2.05) is 67.5 Å². The maximum absolute atomic E-state index is 14.0. The van der Waals surface area contributed by atoms with Crippen molar-refractivity contribution in [2.75, 3.05) is 40.3 Å². The van der Waals surface area contributed by atoms with Gasteiger partial charge in [0.25, 0.3) is 0 Å². The molecule has 0 spiro atoms. The third-order valence-corrected chi connectivity index (χ3v) is 5.90. The van der Waals surface area contributed by atoms with Gasteiger partial charge in [0.05, 0.1) is 0 Å². The molecule has 2 aliphatic heterocycles. The smallest absolute Gasteiger partial charge is 0.161 e. The number of nitrogens with zero attached hydrogens (tertiary/aromatic N) is 2. The molecule has 0 aliphatic carbocycles. The van der Waals surface area contributed by atoms with Gasteiger partial charge in [-0.3, -0.25) is 9.80 Å². The van der Waals surface area contributed by atoms with Crippen LogP contribution in [0.2, 0.25) is 0 Å². The Morgan fingerprint density at radius 2 is 1.15 bits per heavy atom. The highest BCUT2D eigenvalue weighted by Gasteiger charge is 2.43. The zero-order valence-corrected chi connectivity index (χ0v) is 18.1. The summed E-state index contributed by atoms with van der Waals surface area (Å²) in [5, 5.41) is 10.1. The third-order valence-electron chi connectivity index (χ3n) is 4.85. The van der Waals surface area contributed by atoms with Crippen LogP contribution in [0, 0.1) is 0 Å². The molecule has 0 amide bonds. The Morgan fingerprint density at radius 1 is 0.769 bits per heavy atom. The number of benzene rings is 2. The highest BCUT2D eigenvalue weighted by Crippen LogP contribution is 2.35. The maximum Gasteiger partial charge on any atom is 0.161 e. The fraction of sp³-hybridized carbons (Fsp3) is 0.400. The van der Waals surface area contributed by atoms with E-state index in [-0.39, 0.29) is 0 Å². The summed E-state index contributed by atoms with van der Waals surface area (Å²) >= 11 is 6.70. The van der Waals surface area contributed by atoms with Crippen LogP contribution in [0.4, 0.5) is 4.39 Å². The summed E-state index contributed by atoms with van der Waals surface area (Å²) in [6, 6.07) is 15.3. The van der Waals surface area contributed by atoms with Gasteiger partial charge in [-0.1, -0.05) is 56.1 Å². The van der Waals surface area contributed by atoms with Crippen molar-refractivity contribution in [3.05, 3.63) is 68.6 Å². The Kier molecular flexibility index (Phi) is 5.89. The first kappa shape index (κ1) is 20.0. The average molecular weight is 486 g/mol. The average Bonchev–Trinajstić information content (AvgIpc) is 2.54. The van der Waals surface area contributed by atoms with Crippen LogP contribution in [-0.4, -0.2) is 55.2 Å². The monoisotopic (exact) mass is 484 g/mol. The molecular weight excluding hydrogens is 463 g/mol. The van der Waals surface area contributed by atoms with Crippen LogP contribution >= 0.6 is 31.9 Å². The van der Waals surface area contributed by atoms with Crippen molar-refractivity contribution in [1.29, 1.82) is 0 Å². The molecule has 0 bridgehead atoms. The summed E-state index contributed by atoms with van der Waals surface area (Å²) in [6.45, 7) is 2.48. The van der Waals surface area contributed by atoms with Gasteiger partial charge in [0, 0.05) is 35.1 Å². The lowest BCUT2D eigenvalue weighted by Gasteiger charge is -2.44. The summed E-state index contributed by atoms with van der Waals surface area (Å²) in [5.74, 6) is 0. The van der Waals surface area contributed by atoms with E-state index in [9.17, 15) is 9.50 Å².